The minimum absolute atomic E-state index is 0.155. The van der Waals surface area contributed by atoms with E-state index >= 15 is 0 Å². The Bertz CT molecular complexity index is 735. The monoisotopic (exact) mass is 402 g/mol. The van der Waals surface area contributed by atoms with Crippen LogP contribution in [0.25, 0.3) is 11.4 Å². The third-order valence-corrected chi connectivity index (χ3v) is 4.00. The summed E-state index contributed by atoms with van der Waals surface area (Å²) < 4.78 is 19.2. The van der Waals surface area contributed by atoms with Crippen LogP contribution in [0.4, 0.5) is 4.39 Å². The van der Waals surface area contributed by atoms with Crippen molar-refractivity contribution in [2.75, 3.05) is 7.11 Å². The smallest absolute Gasteiger partial charge is 0.264 e. The predicted molar refractivity (Wildman–Crippen MR) is 88.2 cm³/mol. The first-order valence-electron chi connectivity index (χ1n) is 6.38. The minimum Gasteiger partial charge on any atom is -0.494 e. The molecule has 0 aliphatic heterocycles. The van der Waals surface area contributed by atoms with Crippen LogP contribution in [0.1, 0.15) is 26.5 Å². The Kier molecular flexibility index (Phi) is 4.36. The number of hydrogen-bond acceptors (Lipinski definition) is 3. The third-order valence-electron chi connectivity index (χ3n) is 3.00. The minimum atomic E-state index is -0.492. The van der Waals surface area contributed by atoms with Crippen molar-refractivity contribution in [3.05, 3.63) is 43.6 Å². The van der Waals surface area contributed by atoms with Crippen LogP contribution in [0.2, 0.25) is 0 Å². The van der Waals surface area contributed by atoms with E-state index in [0.29, 0.717) is 20.7 Å². The van der Waals surface area contributed by atoms with Gasteiger partial charge < -0.3 is 9.72 Å². The van der Waals surface area contributed by atoms with Crippen molar-refractivity contribution < 1.29 is 9.13 Å². The van der Waals surface area contributed by atoms with Crippen LogP contribution < -0.4 is 10.3 Å². The molecular weight excluding hydrogens is 386 g/mol. The predicted octanol–water partition coefficient (Wildman–Crippen LogP) is 3.49. The van der Waals surface area contributed by atoms with E-state index in [0.717, 1.165) is 0 Å². The first-order chi connectivity index (χ1) is 9.74. The van der Waals surface area contributed by atoms with E-state index < -0.39 is 5.82 Å². The number of nitrogens with zero attached hydrogens (tertiary/aromatic N) is 1. The number of nitrogens with one attached hydrogen (secondary N) is 1. The first kappa shape index (κ1) is 15.9. The second-order valence-electron chi connectivity index (χ2n) is 5.68. The molecule has 0 aliphatic carbocycles. The van der Waals surface area contributed by atoms with E-state index in [2.05, 4.69) is 9.97 Å². The van der Waals surface area contributed by atoms with E-state index in [-0.39, 0.29) is 16.7 Å². The number of halogens is 2. The summed E-state index contributed by atoms with van der Waals surface area (Å²) in [5.41, 5.74) is 0.706. The number of benzene rings is 1. The Morgan fingerprint density at radius 3 is 2.52 bits per heavy atom. The molecule has 0 bridgehead atoms. The molecule has 2 rings (SSSR count). The standard InChI is InChI=1S/C15H16FIN2O2/c1-15(2,3)12-11(17)14(20)19-13(18-12)8-5-6-10(21-4)9(16)7-8/h5-7H,1-4H3,(H,18,19,20). The Morgan fingerprint density at radius 2 is 2.00 bits per heavy atom. The van der Waals surface area contributed by atoms with Crippen molar-refractivity contribution in [2.45, 2.75) is 26.2 Å². The Hall–Kier alpha value is -1.44. The molecule has 2 aromatic rings. The van der Waals surface area contributed by atoms with Gasteiger partial charge in [0.15, 0.2) is 11.6 Å². The van der Waals surface area contributed by atoms with Crippen molar-refractivity contribution in [3.8, 4) is 17.1 Å². The third kappa shape index (κ3) is 3.25. The van der Waals surface area contributed by atoms with Crippen LogP contribution in [0.5, 0.6) is 5.75 Å². The molecule has 0 radical (unpaired) electrons. The lowest BCUT2D eigenvalue weighted by Crippen LogP contribution is -2.24. The molecule has 0 spiro atoms. The van der Waals surface area contributed by atoms with Gasteiger partial charge in [0.2, 0.25) is 0 Å². The van der Waals surface area contributed by atoms with Crippen molar-refractivity contribution in [1.29, 1.82) is 0 Å². The molecule has 21 heavy (non-hydrogen) atoms. The van der Waals surface area contributed by atoms with Crippen molar-refractivity contribution in [1.82, 2.24) is 9.97 Å². The lowest BCUT2D eigenvalue weighted by Gasteiger charge is -2.19. The van der Waals surface area contributed by atoms with Gasteiger partial charge in [-0.2, -0.15) is 0 Å². The fraction of sp³-hybridized carbons (Fsp3) is 0.333. The fourth-order valence-corrected chi connectivity index (χ4v) is 2.97. The normalized spacial score (nSPS) is 11.5. The molecule has 0 unspecified atom stereocenters. The zero-order valence-corrected chi connectivity index (χ0v) is 14.4. The van der Waals surface area contributed by atoms with Gasteiger partial charge in [0, 0.05) is 11.0 Å². The quantitative estimate of drug-likeness (QED) is 0.783. The van der Waals surface area contributed by atoms with Crippen molar-refractivity contribution in [2.24, 2.45) is 0 Å². The molecule has 1 aromatic carbocycles. The van der Waals surface area contributed by atoms with Gasteiger partial charge in [-0.25, -0.2) is 9.37 Å². The van der Waals surface area contributed by atoms with Gasteiger partial charge in [-0.3, -0.25) is 4.79 Å². The molecule has 1 aromatic heterocycles. The summed E-state index contributed by atoms with van der Waals surface area (Å²) in [6.07, 6.45) is 0. The van der Waals surface area contributed by atoms with Crippen LogP contribution in [0.15, 0.2) is 23.0 Å². The second-order valence-corrected chi connectivity index (χ2v) is 6.76. The highest BCUT2D eigenvalue weighted by Gasteiger charge is 2.22. The molecule has 112 valence electrons. The van der Waals surface area contributed by atoms with Crippen LogP contribution >= 0.6 is 22.6 Å². The number of hydrogen-bond donors (Lipinski definition) is 1. The van der Waals surface area contributed by atoms with Crippen molar-refractivity contribution >= 4 is 22.6 Å². The fourth-order valence-electron chi connectivity index (χ4n) is 1.91. The van der Waals surface area contributed by atoms with E-state index in [4.69, 9.17) is 4.74 Å². The van der Waals surface area contributed by atoms with E-state index in [1.807, 2.05) is 43.4 Å². The van der Waals surface area contributed by atoms with Crippen LogP contribution in [0, 0.1) is 9.39 Å². The van der Waals surface area contributed by atoms with E-state index in [9.17, 15) is 9.18 Å². The highest BCUT2D eigenvalue weighted by Crippen LogP contribution is 2.27. The maximum Gasteiger partial charge on any atom is 0.264 e. The van der Waals surface area contributed by atoms with Crippen molar-refractivity contribution in [3.63, 3.8) is 0 Å². The molecular formula is C15H16FIN2O2. The second kappa shape index (κ2) is 5.75. The van der Waals surface area contributed by atoms with Crippen LogP contribution in [0.3, 0.4) is 0 Å². The zero-order valence-electron chi connectivity index (χ0n) is 12.3. The number of aromatic amines is 1. The first-order valence-corrected chi connectivity index (χ1v) is 7.46. The average Bonchev–Trinajstić information content (AvgIpc) is 2.40. The Balaban J connectivity index is 2.63. The molecule has 0 atom stereocenters. The van der Waals surface area contributed by atoms with Gasteiger partial charge in [-0.05, 0) is 40.8 Å². The summed E-state index contributed by atoms with van der Waals surface area (Å²) in [5.74, 6) is 0.0167. The van der Waals surface area contributed by atoms with Crippen LogP contribution in [-0.2, 0) is 5.41 Å². The number of rotatable bonds is 2. The van der Waals surface area contributed by atoms with E-state index in [1.54, 1.807) is 6.07 Å². The van der Waals surface area contributed by atoms with Gasteiger partial charge in [-0.15, -0.1) is 0 Å². The molecule has 4 nitrogen and oxygen atoms in total. The van der Waals surface area contributed by atoms with Gasteiger partial charge in [0.05, 0.1) is 12.8 Å². The van der Waals surface area contributed by atoms with Crippen LogP contribution in [-0.4, -0.2) is 17.1 Å². The molecule has 1 heterocycles. The topological polar surface area (TPSA) is 55.0 Å². The number of H-pyrrole nitrogens is 1. The maximum absolute atomic E-state index is 13.8. The lowest BCUT2D eigenvalue weighted by molar-refractivity contribution is 0.386. The summed E-state index contributed by atoms with van der Waals surface area (Å²) in [7, 11) is 1.40. The Morgan fingerprint density at radius 1 is 1.33 bits per heavy atom. The summed E-state index contributed by atoms with van der Waals surface area (Å²) in [5, 5.41) is 0. The molecule has 0 saturated heterocycles. The lowest BCUT2D eigenvalue weighted by atomic mass is 9.92. The molecule has 0 fully saturated rings. The summed E-state index contributed by atoms with van der Waals surface area (Å²) in [4.78, 5) is 19.3. The Labute approximate surface area is 135 Å². The zero-order chi connectivity index (χ0) is 15.8. The SMILES string of the molecule is COc1ccc(-c2nc(C(C)(C)C)c(I)c(=O)[nH]2)cc1F. The maximum atomic E-state index is 13.8. The van der Waals surface area contributed by atoms with Gasteiger partial charge >= 0.3 is 0 Å². The largest absolute Gasteiger partial charge is 0.494 e. The summed E-state index contributed by atoms with van der Waals surface area (Å²) in [6.45, 7) is 5.94. The molecule has 6 heteroatoms. The molecule has 0 aliphatic rings. The summed E-state index contributed by atoms with van der Waals surface area (Å²) >= 11 is 1.98. The van der Waals surface area contributed by atoms with E-state index in [1.165, 1.54) is 19.2 Å². The highest BCUT2D eigenvalue weighted by atomic mass is 127. The molecule has 1 N–H and O–H groups in total. The van der Waals surface area contributed by atoms with Gasteiger partial charge in [0.1, 0.15) is 9.39 Å². The average molecular weight is 402 g/mol. The number of ether oxygens (including phenoxy) is 1. The van der Waals surface area contributed by atoms with Gasteiger partial charge in [0.25, 0.3) is 5.56 Å². The van der Waals surface area contributed by atoms with Gasteiger partial charge in [-0.1, -0.05) is 20.8 Å². The summed E-state index contributed by atoms with van der Waals surface area (Å²) in [6, 6.07) is 4.48. The highest BCUT2D eigenvalue weighted by molar-refractivity contribution is 14.1. The number of aromatic nitrogens is 2. The molecule has 0 amide bonds. The number of methoxy groups -OCH3 is 1. The molecule has 0 saturated carbocycles.